The van der Waals surface area contributed by atoms with Gasteiger partial charge in [-0.3, -0.25) is 14.4 Å². The molecule has 0 fully saturated rings. The molecule has 2 atom stereocenters. The first kappa shape index (κ1) is 21.2. The van der Waals surface area contributed by atoms with Crippen molar-refractivity contribution >= 4 is 17.4 Å². The first-order valence-electron chi connectivity index (χ1n) is 10.8. The molecule has 1 aliphatic heterocycles. The number of hydrogen-bond acceptors (Lipinski definition) is 5. The van der Waals surface area contributed by atoms with E-state index in [1.807, 2.05) is 24.6 Å². The molecule has 172 valence electrons. The number of carbonyl (C=O) groups is 1. The van der Waals surface area contributed by atoms with Crippen molar-refractivity contribution in [3.63, 3.8) is 0 Å². The van der Waals surface area contributed by atoms with Gasteiger partial charge in [-0.05, 0) is 40.2 Å². The lowest BCUT2D eigenvalue weighted by Gasteiger charge is -2.37. The van der Waals surface area contributed by atoms with Gasteiger partial charge in [0, 0.05) is 36.1 Å². The van der Waals surface area contributed by atoms with E-state index in [1.165, 1.54) is 15.8 Å². The average Bonchev–Trinajstić information content (AvgIpc) is 3.48. The fourth-order valence-electron chi connectivity index (χ4n) is 4.61. The fourth-order valence-corrected chi connectivity index (χ4v) is 4.61. The summed E-state index contributed by atoms with van der Waals surface area (Å²) >= 11 is 0. The number of rotatable bonds is 4. The van der Waals surface area contributed by atoms with E-state index >= 15 is 0 Å². The summed E-state index contributed by atoms with van der Waals surface area (Å²) in [6, 6.07) is 1.98. The maximum atomic E-state index is 13.7. The van der Waals surface area contributed by atoms with Gasteiger partial charge in [0.05, 0.1) is 23.8 Å². The monoisotopic (exact) mass is 454 g/mol. The third-order valence-electron chi connectivity index (χ3n) is 6.24. The zero-order chi connectivity index (χ0) is 23.4. The molecule has 0 saturated carbocycles. The Kier molecular flexibility index (Phi) is 4.98. The molecular weight excluding hydrogens is 430 g/mol. The first-order valence-corrected chi connectivity index (χ1v) is 10.8. The van der Waals surface area contributed by atoms with E-state index in [1.54, 1.807) is 36.8 Å². The molecule has 0 aromatic carbocycles. The highest BCUT2D eigenvalue weighted by molar-refractivity contribution is 6.10. The number of anilines is 1. The second-order valence-corrected chi connectivity index (χ2v) is 8.33. The van der Waals surface area contributed by atoms with E-state index in [9.17, 15) is 13.6 Å². The molecule has 0 saturated heterocycles. The predicted molar refractivity (Wildman–Crippen MR) is 118 cm³/mol. The number of halogens is 2. The van der Waals surface area contributed by atoms with Crippen LogP contribution in [0.1, 0.15) is 48.1 Å². The lowest BCUT2D eigenvalue weighted by Crippen LogP contribution is -2.46. The van der Waals surface area contributed by atoms with Crippen molar-refractivity contribution in [3.8, 4) is 11.3 Å². The van der Waals surface area contributed by atoms with E-state index in [-0.39, 0.29) is 12.3 Å². The van der Waals surface area contributed by atoms with Crippen LogP contribution in [0.4, 0.5) is 14.6 Å². The standard InChI is InChI=1S/C22H24F2N8O/c1-5-29-14(4)15(10-26-29)17-6-7-25-21-16(11-27-32(17)21)22(33)30-13(3)9-18(20(23)24)31-19(30)8-12(2)28-31/h6-8,10-11,13,18,20H,5,9H2,1-4H3. The number of hydrogen-bond donors (Lipinski definition) is 0. The summed E-state index contributed by atoms with van der Waals surface area (Å²) in [7, 11) is 0. The van der Waals surface area contributed by atoms with Crippen LogP contribution in [0.2, 0.25) is 0 Å². The molecule has 1 amide bonds. The maximum absolute atomic E-state index is 13.7. The molecule has 11 heteroatoms. The van der Waals surface area contributed by atoms with Crippen LogP contribution in [0.3, 0.4) is 0 Å². The van der Waals surface area contributed by atoms with Crippen LogP contribution < -0.4 is 4.90 Å². The molecule has 0 radical (unpaired) electrons. The number of aromatic nitrogens is 7. The normalized spacial score (nSPS) is 18.3. The summed E-state index contributed by atoms with van der Waals surface area (Å²) < 4.78 is 32.1. The summed E-state index contributed by atoms with van der Waals surface area (Å²) in [5.74, 6) is 0.00844. The van der Waals surface area contributed by atoms with Gasteiger partial charge in [-0.2, -0.15) is 15.3 Å². The Morgan fingerprint density at radius 1 is 1.24 bits per heavy atom. The SMILES string of the molecule is CCn1ncc(-c2ccnc3c(C(=O)N4c5cc(C)nn5C(C(F)F)CC4C)cnn23)c1C. The van der Waals surface area contributed by atoms with Crippen LogP contribution in [0.25, 0.3) is 16.9 Å². The highest BCUT2D eigenvalue weighted by atomic mass is 19.3. The Labute approximate surface area is 188 Å². The van der Waals surface area contributed by atoms with Crippen LogP contribution in [-0.4, -0.2) is 52.5 Å². The van der Waals surface area contributed by atoms with Crippen molar-refractivity contribution in [2.24, 2.45) is 0 Å². The number of amides is 1. The van der Waals surface area contributed by atoms with Crippen molar-refractivity contribution in [2.75, 3.05) is 4.90 Å². The van der Waals surface area contributed by atoms with Crippen LogP contribution in [0.15, 0.2) is 30.7 Å². The molecule has 2 unspecified atom stereocenters. The van der Waals surface area contributed by atoms with Crippen LogP contribution in [0, 0.1) is 13.8 Å². The van der Waals surface area contributed by atoms with Gasteiger partial charge in [0.15, 0.2) is 5.65 Å². The molecule has 9 nitrogen and oxygen atoms in total. The van der Waals surface area contributed by atoms with Gasteiger partial charge in [0.25, 0.3) is 12.3 Å². The summed E-state index contributed by atoms with van der Waals surface area (Å²) in [5.41, 5.74) is 3.91. The zero-order valence-electron chi connectivity index (χ0n) is 18.8. The Balaban J connectivity index is 1.60. The smallest absolute Gasteiger partial charge is 0.265 e. The molecule has 4 aromatic heterocycles. The van der Waals surface area contributed by atoms with Gasteiger partial charge in [-0.15, -0.1) is 0 Å². The minimum Gasteiger partial charge on any atom is -0.290 e. The van der Waals surface area contributed by atoms with Crippen LogP contribution in [-0.2, 0) is 6.54 Å². The largest absolute Gasteiger partial charge is 0.290 e. The lowest BCUT2D eigenvalue weighted by atomic mass is 10.0. The molecule has 0 bridgehead atoms. The second kappa shape index (κ2) is 7.75. The number of carbonyl (C=O) groups excluding carboxylic acids is 1. The summed E-state index contributed by atoms with van der Waals surface area (Å²) in [5, 5.41) is 13.1. The number of aryl methyl sites for hydroxylation is 2. The van der Waals surface area contributed by atoms with E-state index in [4.69, 9.17) is 0 Å². The van der Waals surface area contributed by atoms with E-state index in [2.05, 4.69) is 20.3 Å². The van der Waals surface area contributed by atoms with Gasteiger partial charge in [0.1, 0.15) is 17.4 Å². The van der Waals surface area contributed by atoms with E-state index in [0.717, 1.165) is 23.5 Å². The Hall–Kier alpha value is -3.63. The average molecular weight is 454 g/mol. The Morgan fingerprint density at radius 2 is 2.03 bits per heavy atom. The quantitative estimate of drug-likeness (QED) is 0.470. The molecule has 33 heavy (non-hydrogen) atoms. The third kappa shape index (κ3) is 3.21. The minimum atomic E-state index is -2.57. The molecule has 5 rings (SSSR count). The van der Waals surface area contributed by atoms with Crippen molar-refractivity contribution in [3.05, 3.63) is 47.7 Å². The van der Waals surface area contributed by atoms with Gasteiger partial charge in [0.2, 0.25) is 0 Å². The van der Waals surface area contributed by atoms with Crippen LogP contribution in [0.5, 0.6) is 0 Å². The lowest BCUT2D eigenvalue weighted by molar-refractivity contribution is 0.0609. The van der Waals surface area contributed by atoms with Crippen LogP contribution >= 0.6 is 0 Å². The molecule has 0 aliphatic carbocycles. The van der Waals surface area contributed by atoms with Crippen molar-refractivity contribution in [1.29, 1.82) is 0 Å². The van der Waals surface area contributed by atoms with Gasteiger partial charge >= 0.3 is 0 Å². The van der Waals surface area contributed by atoms with E-state index in [0.29, 0.717) is 22.7 Å². The topological polar surface area (TPSA) is 86.1 Å². The summed E-state index contributed by atoms with van der Waals surface area (Å²) in [4.78, 5) is 19.6. The molecule has 5 heterocycles. The summed E-state index contributed by atoms with van der Waals surface area (Å²) in [6.45, 7) is 8.23. The Bertz CT molecular complexity index is 1350. The van der Waals surface area contributed by atoms with Gasteiger partial charge in [-0.1, -0.05) is 0 Å². The second-order valence-electron chi connectivity index (χ2n) is 8.33. The highest BCUT2D eigenvalue weighted by Gasteiger charge is 2.40. The Morgan fingerprint density at radius 3 is 2.73 bits per heavy atom. The number of nitrogens with zero attached hydrogens (tertiary/aromatic N) is 8. The highest BCUT2D eigenvalue weighted by Crippen LogP contribution is 2.37. The molecule has 1 aliphatic rings. The zero-order valence-corrected chi connectivity index (χ0v) is 18.8. The molecule has 0 spiro atoms. The third-order valence-corrected chi connectivity index (χ3v) is 6.24. The number of alkyl halides is 2. The molecular formula is C22H24F2N8O. The predicted octanol–water partition coefficient (Wildman–Crippen LogP) is 3.67. The van der Waals surface area contributed by atoms with Gasteiger partial charge in [-0.25, -0.2) is 23.0 Å². The van der Waals surface area contributed by atoms with Crippen molar-refractivity contribution < 1.29 is 13.6 Å². The molecule has 0 N–H and O–H groups in total. The molecule has 4 aromatic rings. The first-order chi connectivity index (χ1) is 15.8. The fraction of sp³-hybridized carbons (Fsp3) is 0.409. The number of fused-ring (bicyclic) bond motifs is 2. The van der Waals surface area contributed by atoms with E-state index < -0.39 is 18.5 Å². The summed E-state index contributed by atoms with van der Waals surface area (Å²) in [6.07, 6.45) is 2.41. The van der Waals surface area contributed by atoms with Gasteiger partial charge < -0.3 is 0 Å². The van der Waals surface area contributed by atoms with Crippen molar-refractivity contribution in [2.45, 2.75) is 59.2 Å². The maximum Gasteiger partial charge on any atom is 0.265 e. The minimum absolute atomic E-state index is 0.102. The van der Waals surface area contributed by atoms with Crippen molar-refractivity contribution in [1.82, 2.24) is 34.2 Å².